The zero-order valence-corrected chi connectivity index (χ0v) is 12.9. The number of nitrogens with one attached hydrogen (secondary N) is 1. The van der Waals surface area contributed by atoms with Crippen molar-refractivity contribution < 1.29 is 9.59 Å². The molecule has 6 heteroatoms. The molecule has 0 bridgehead atoms. The Kier molecular flexibility index (Phi) is 6.65. The van der Waals surface area contributed by atoms with E-state index in [2.05, 4.69) is 5.32 Å². The number of nitrogens with zero attached hydrogens (tertiary/aromatic N) is 1. The average Bonchev–Trinajstić information content (AvgIpc) is 2.47. The first kappa shape index (κ1) is 17.5. The van der Waals surface area contributed by atoms with Gasteiger partial charge in [0, 0.05) is 24.7 Å². The molecule has 0 spiro atoms. The van der Waals surface area contributed by atoms with Gasteiger partial charge in [-0.05, 0) is 31.9 Å². The van der Waals surface area contributed by atoms with Gasteiger partial charge in [-0.1, -0.05) is 18.2 Å². The molecule has 0 aliphatic carbocycles. The van der Waals surface area contributed by atoms with Crippen molar-refractivity contribution in [3.8, 4) is 0 Å². The van der Waals surface area contributed by atoms with E-state index >= 15 is 0 Å². The molecule has 1 atom stereocenters. The Hall–Kier alpha value is -1.59. The molecule has 2 rings (SSSR count). The van der Waals surface area contributed by atoms with E-state index in [0.29, 0.717) is 25.9 Å². The largest absolute Gasteiger partial charge is 0.341 e. The molecule has 1 aromatic rings. The van der Waals surface area contributed by atoms with Crippen molar-refractivity contribution in [3.05, 3.63) is 30.3 Å². The number of carbonyl (C=O) groups is 2. The first-order valence-corrected chi connectivity index (χ1v) is 6.98. The fraction of sp³-hybridized carbons (Fsp3) is 0.467. The van der Waals surface area contributed by atoms with Crippen LogP contribution in [-0.4, -0.2) is 35.8 Å². The van der Waals surface area contributed by atoms with Gasteiger partial charge < -0.3 is 16.0 Å². The van der Waals surface area contributed by atoms with Crippen LogP contribution in [0.3, 0.4) is 0 Å². The fourth-order valence-electron chi connectivity index (χ4n) is 2.42. The van der Waals surface area contributed by atoms with Crippen molar-refractivity contribution in [1.82, 2.24) is 4.90 Å². The van der Waals surface area contributed by atoms with Crippen molar-refractivity contribution in [2.45, 2.75) is 25.8 Å². The zero-order valence-electron chi connectivity index (χ0n) is 12.1. The van der Waals surface area contributed by atoms with E-state index < -0.39 is 6.04 Å². The maximum absolute atomic E-state index is 12.1. The predicted octanol–water partition coefficient (Wildman–Crippen LogP) is 1.63. The Morgan fingerprint density at radius 2 is 1.81 bits per heavy atom. The van der Waals surface area contributed by atoms with Crippen LogP contribution in [0.1, 0.15) is 19.8 Å². The molecule has 0 aromatic heterocycles. The normalized spacial score (nSPS) is 16.8. The monoisotopic (exact) mass is 311 g/mol. The van der Waals surface area contributed by atoms with Crippen LogP contribution < -0.4 is 11.1 Å². The SMILES string of the molecule is C[C@@H](N)C(=O)N1CCC(C(=O)Nc2ccccc2)CC1.Cl. The third kappa shape index (κ3) is 4.72. The Labute approximate surface area is 131 Å². The molecule has 21 heavy (non-hydrogen) atoms. The van der Waals surface area contributed by atoms with Crippen LogP contribution >= 0.6 is 12.4 Å². The summed E-state index contributed by atoms with van der Waals surface area (Å²) in [6, 6.07) is 8.95. The smallest absolute Gasteiger partial charge is 0.239 e. The lowest BCUT2D eigenvalue weighted by Gasteiger charge is -2.32. The lowest BCUT2D eigenvalue weighted by Crippen LogP contribution is -2.47. The van der Waals surface area contributed by atoms with Gasteiger partial charge in [-0.2, -0.15) is 0 Å². The van der Waals surface area contributed by atoms with Gasteiger partial charge in [0.15, 0.2) is 0 Å². The molecule has 0 saturated carbocycles. The summed E-state index contributed by atoms with van der Waals surface area (Å²) >= 11 is 0. The van der Waals surface area contributed by atoms with Gasteiger partial charge in [0.2, 0.25) is 11.8 Å². The summed E-state index contributed by atoms with van der Waals surface area (Å²) in [5, 5.41) is 2.91. The van der Waals surface area contributed by atoms with Crippen molar-refractivity contribution in [3.63, 3.8) is 0 Å². The van der Waals surface area contributed by atoms with Crippen LogP contribution in [0.4, 0.5) is 5.69 Å². The fourth-order valence-corrected chi connectivity index (χ4v) is 2.42. The summed E-state index contributed by atoms with van der Waals surface area (Å²) in [4.78, 5) is 25.7. The molecular weight excluding hydrogens is 290 g/mol. The second-order valence-electron chi connectivity index (χ2n) is 5.24. The average molecular weight is 312 g/mol. The van der Waals surface area contributed by atoms with E-state index in [1.807, 2.05) is 30.3 Å². The van der Waals surface area contributed by atoms with Crippen LogP contribution in [0, 0.1) is 5.92 Å². The van der Waals surface area contributed by atoms with Gasteiger partial charge in [0.05, 0.1) is 6.04 Å². The number of benzene rings is 1. The minimum absolute atomic E-state index is 0. The van der Waals surface area contributed by atoms with E-state index in [1.165, 1.54) is 0 Å². The Morgan fingerprint density at radius 1 is 1.24 bits per heavy atom. The Bertz CT molecular complexity index is 471. The number of piperidine rings is 1. The summed E-state index contributed by atoms with van der Waals surface area (Å²) in [6.45, 7) is 2.90. The molecule has 1 saturated heterocycles. The van der Waals surface area contributed by atoms with Crippen LogP contribution in [0.5, 0.6) is 0 Å². The lowest BCUT2D eigenvalue weighted by molar-refractivity contribution is -0.135. The van der Waals surface area contributed by atoms with E-state index in [1.54, 1.807) is 11.8 Å². The zero-order chi connectivity index (χ0) is 14.5. The van der Waals surface area contributed by atoms with Crippen LogP contribution in [0.25, 0.3) is 0 Å². The van der Waals surface area contributed by atoms with Gasteiger partial charge >= 0.3 is 0 Å². The number of halogens is 1. The number of likely N-dealkylation sites (tertiary alicyclic amines) is 1. The highest BCUT2D eigenvalue weighted by Crippen LogP contribution is 2.19. The first-order valence-electron chi connectivity index (χ1n) is 6.98. The molecular formula is C15H22ClN3O2. The number of para-hydroxylation sites is 1. The summed E-state index contributed by atoms with van der Waals surface area (Å²) in [6.07, 6.45) is 1.38. The van der Waals surface area contributed by atoms with Gasteiger partial charge in [-0.3, -0.25) is 9.59 Å². The molecule has 2 amide bonds. The summed E-state index contributed by atoms with van der Waals surface area (Å²) in [5.74, 6) is -0.0386. The molecule has 3 N–H and O–H groups in total. The standard InChI is InChI=1S/C15H21N3O2.ClH/c1-11(16)15(20)18-9-7-12(8-10-18)14(19)17-13-5-3-2-4-6-13;/h2-6,11-12H,7-10,16H2,1H3,(H,17,19);1H/t11-;/m1./s1. The third-order valence-corrected chi connectivity index (χ3v) is 3.61. The van der Waals surface area contributed by atoms with Gasteiger partial charge in [0.25, 0.3) is 0 Å². The second-order valence-corrected chi connectivity index (χ2v) is 5.24. The van der Waals surface area contributed by atoms with Crippen molar-refractivity contribution in [1.29, 1.82) is 0 Å². The highest BCUT2D eigenvalue weighted by atomic mass is 35.5. The molecule has 1 aliphatic rings. The minimum atomic E-state index is -0.468. The molecule has 0 radical (unpaired) electrons. The Balaban J connectivity index is 0.00000220. The summed E-state index contributed by atoms with van der Waals surface area (Å²) < 4.78 is 0. The lowest BCUT2D eigenvalue weighted by atomic mass is 9.95. The second kappa shape index (κ2) is 8.00. The van der Waals surface area contributed by atoms with E-state index in [9.17, 15) is 9.59 Å². The molecule has 1 aliphatic heterocycles. The number of anilines is 1. The number of amides is 2. The molecule has 0 unspecified atom stereocenters. The van der Waals surface area contributed by atoms with Crippen LogP contribution in [0.15, 0.2) is 30.3 Å². The van der Waals surface area contributed by atoms with Crippen LogP contribution in [0.2, 0.25) is 0 Å². The number of rotatable bonds is 3. The highest BCUT2D eigenvalue weighted by Gasteiger charge is 2.28. The number of carbonyl (C=O) groups excluding carboxylic acids is 2. The van der Waals surface area contributed by atoms with Gasteiger partial charge in [0.1, 0.15) is 0 Å². The molecule has 1 aromatic carbocycles. The van der Waals surface area contributed by atoms with E-state index in [0.717, 1.165) is 5.69 Å². The molecule has 1 fully saturated rings. The van der Waals surface area contributed by atoms with E-state index in [4.69, 9.17) is 5.73 Å². The highest BCUT2D eigenvalue weighted by molar-refractivity contribution is 5.92. The number of hydrogen-bond donors (Lipinski definition) is 2. The van der Waals surface area contributed by atoms with Gasteiger partial charge in [-0.15, -0.1) is 12.4 Å². The van der Waals surface area contributed by atoms with Crippen LogP contribution in [-0.2, 0) is 9.59 Å². The van der Waals surface area contributed by atoms with Crippen molar-refractivity contribution in [2.24, 2.45) is 11.7 Å². The molecule has 116 valence electrons. The van der Waals surface area contributed by atoms with Crippen molar-refractivity contribution >= 4 is 29.9 Å². The third-order valence-electron chi connectivity index (χ3n) is 3.61. The Morgan fingerprint density at radius 3 is 2.33 bits per heavy atom. The maximum Gasteiger partial charge on any atom is 0.239 e. The summed E-state index contributed by atoms with van der Waals surface area (Å²) in [5.41, 5.74) is 6.40. The summed E-state index contributed by atoms with van der Waals surface area (Å²) in [7, 11) is 0. The number of hydrogen-bond acceptors (Lipinski definition) is 3. The topological polar surface area (TPSA) is 75.4 Å². The molecule has 1 heterocycles. The quantitative estimate of drug-likeness (QED) is 0.891. The van der Waals surface area contributed by atoms with E-state index in [-0.39, 0.29) is 30.1 Å². The number of nitrogens with two attached hydrogens (primary N) is 1. The maximum atomic E-state index is 12.1. The van der Waals surface area contributed by atoms with Crippen molar-refractivity contribution in [2.75, 3.05) is 18.4 Å². The molecule has 5 nitrogen and oxygen atoms in total. The van der Waals surface area contributed by atoms with Gasteiger partial charge in [-0.25, -0.2) is 0 Å². The predicted molar refractivity (Wildman–Crippen MR) is 85.3 cm³/mol. The minimum Gasteiger partial charge on any atom is -0.341 e. The first-order chi connectivity index (χ1) is 9.58.